The molecule has 0 saturated heterocycles. The maximum atomic E-state index is 5.60. The number of para-hydroxylation sites is 3. The average molecular weight is 615 g/mol. The van der Waals surface area contributed by atoms with Crippen LogP contribution in [0.3, 0.4) is 0 Å². The highest BCUT2D eigenvalue weighted by molar-refractivity contribution is 6.11. The van der Waals surface area contributed by atoms with Crippen molar-refractivity contribution in [2.75, 3.05) is 0 Å². The first kappa shape index (κ1) is 28.2. The van der Waals surface area contributed by atoms with Crippen molar-refractivity contribution < 1.29 is 0 Å². The van der Waals surface area contributed by atoms with E-state index in [1.807, 2.05) is 6.08 Å². The average Bonchev–Trinajstić information content (AvgIpc) is 3.70. The summed E-state index contributed by atoms with van der Waals surface area (Å²) in [5.74, 6) is 2.67. The molecule has 2 heterocycles. The van der Waals surface area contributed by atoms with Crippen LogP contribution < -0.4 is 0 Å². The first-order valence-corrected chi connectivity index (χ1v) is 16.6. The number of allylic oxidation sites excluding steroid dienone is 4. The summed E-state index contributed by atoms with van der Waals surface area (Å²) in [6.07, 6.45) is 9.50. The molecule has 48 heavy (non-hydrogen) atoms. The maximum Gasteiger partial charge on any atom is 0.0547 e. The van der Waals surface area contributed by atoms with Gasteiger partial charge in [0.25, 0.3) is 0 Å². The molecule has 0 aliphatic heterocycles. The van der Waals surface area contributed by atoms with Crippen molar-refractivity contribution in [1.82, 2.24) is 9.13 Å². The molecular weight excluding hydrogens is 581 g/mol. The second kappa shape index (κ2) is 10.5. The normalized spacial score (nSPS) is 14.1. The monoisotopic (exact) mass is 614 g/mol. The van der Waals surface area contributed by atoms with Crippen LogP contribution in [-0.4, -0.2) is 9.13 Å². The van der Waals surface area contributed by atoms with Gasteiger partial charge in [0.15, 0.2) is 0 Å². The number of hydrogen-bond acceptors (Lipinski definition) is 0. The van der Waals surface area contributed by atoms with E-state index in [-0.39, 0.29) is 5.41 Å². The predicted octanol–water partition coefficient (Wildman–Crippen LogP) is 11.8. The molecule has 0 fully saturated rings. The second-order valence-electron chi connectivity index (χ2n) is 13.4. The minimum absolute atomic E-state index is 0.100. The highest BCUT2D eigenvalue weighted by Crippen LogP contribution is 2.48. The summed E-state index contributed by atoms with van der Waals surface area (Å²) in [7, 11) is 0. The van der Waals surface area contributed by atoms with Gasteiger partial charge in [-0.1, -0.05) is 110 Å². The van der Waals surface area contributed by atoms with Gasteiger partial charge < -0.3 is 9.13 Å². The van der Waals surface area contributed by atoms with E-state index in [0.717, 1.165) is 5.69 Å². The van der Waals surface area contributed by atoms with E-state index in [0.29, 0.717) is 0 Å². The summed E-state index contributed by atoms with van der Waals surface area (Å²) in [5, 5.41) is 5.04. The minimum Gasteiger partial charge on any atom is -0.309 e. The van der Waals surface area contributed by atoms with Crippen LogP contribution in [0.15, 0.2) is 151 Å². The number of benzene rings is 6. The minimum atomic E-state index is -0.100. The third kappa shape index (κ3) is 4.01. The molecule has 6 aromatic carbocycles. The molecule has 228 valence electrons. The van der Waals surface area contributed by atoms with Gasteiger partial charge in [0.2, 0.25) is 0 Å². The van der Waals surface area contributed by atoms with Crippen molar-refractivity contribution in [1.29, 1.82) is 0 Å². The lowest BCUT2D eigenvalue weighted by Gasteiger charge is -2.23. The van der Waals surface area contributed by atoms with Gasteiger partial charge in [0.1, 0.15) is 0 Å². The van der Waals surface area contributed by atoms with Crippen LogP contribution in [0.25, 0.3) is 71.7 Å². The lowest BCUT2D eigenvalue weighted by Crippen LogP contribution is -2.16. The topological polar surface area (TPSA) is 9.86 Å². The van der Waals surface area contributed by atoms with Gasteiger partial charge in [-0.05, 0) is 95.4 Å². The van der Waals surface area contributed by atoms with Crippen molar-refractivity contribution in [3.63, 3.8) is 0 Å². The van der Waals surface area contributed by atoms with Crippen molar-refractivity contribution in [3.8, 4) is 34.8 Å². The summed E-state index contributed by atoms with van der Waals surface area (Å²) in [6.45, 7) is 6.86. The molecular formula is C46H34N2. The molecule has 0 unspecified atom stereocenters. The van der Waals surface area contributed by atoms with Gasteiger partial charge in [-0.15, -0.1) is 6.42 Å². The Kier molecular flexibility index (Phi) is 6.16. The largest absolute Gasteiger partial charge is 0.309 e. The van der Waals surface area contributed by atoms with Crippen LogP contribution in [0, 0.1) is 12.3 Å². The number of fused-ring (bicyclic) bond motifs is 7. The number of hydrogen-bond donors (Lipinski definition) is 0. The summed E-state index contributed by atoms with van der Waals surface area (Å²) >= 11 is 0. The van der Waals surface area contributed by atoms with E-state index < -0.39 is 0 Å². The number of aromatic nitrogens is 2. The van der Waals surface area contributed by atoms with E-state index in [9.17, 15) is 0 Å². The lowest BCUT2D eigenvalue weighted by atomic mass is 9.82. The zero-order valence-electron chi connectivity index (χ0n) is 27.3. The predicted molar refractivity (Wildman–Crippen MR) is 204 cm³/mol. The molecule has 2 nitrogen and oxygen atoms in total. The van der Waals surface area contributed by atoms with Gasteiger partial charge >= 0.3 is 0 Å². The van der Waals surface area contributed by atoms with E-state index in [1.165, 1.54) is 82.7 Å². The third-order valence-corrected chi connectivity index (χ3v) is 10.6. The van der Waals surface area contributed by atoms with E-state index in [2.05, 4.69) is 175 Å². The van der Waals surface area contributed by atoms with Crippen LogP contribution in [0.5, 0.6) is 0 Å². The zero-order chi connectivity index (χ0) is 32.6. The summed E-state index contributed by atoms with van der Waals surface area (Å²) in [5.41, 5.74) is 14.6. The van der Waals surface area contributed by atoms with Crippen LogP contribution in [0.4, 0.5) is 0 Å². The summed E-state index contributed by atoms with van der Waals surface area (Å²) in [6, 6.07) is 48.9. The highest BCUT2D eigenvalue weighted by Gasteiger charge is 2.34. The molecule has 8 aromatic rings. The summed E-state index contributed by atoms with van der Waals surface area (Å²) in [4.78, 5) is 0. The fourth-order valence-corrected chi connectivity index (χ4v) is 7.96. The molecule has 0 spiro atoms. The Morgan fingerprint density at radius 2 is 1.12 bits per heavy atom. The second-order valence-corrected chi connectivity index (χ2v) is 13.4. The molecule has 0 bridgehead atoms. The zero-order valence-corrected chi connectivity index (χ0v) is 27.3. The van der Waals surface area contributed by atoms with E-state index >= 15 is 0 Å². The molecule has 2 heteroatoms. The standard InChI is InChI=1S/C46H34N2/c1-5-6-16-35-30(2)46(3,4)41-29-34(24-26-36(35)41)48-44-22-12-9-19-39(44)40-25-23-32(28-45(40)48)31-14-13-15-33(27-31)47-42-20-10-7-17-37(42)38-18-8-11-21-43(38)47/h1,6-29H,2-4H3/b16-6-. The van der Waals surface area contributed by atoms with Gasteiger partial charge in [0, 0.05) is 38.3 Å². The van der Waals surface area contributed by atoms with E-state index in [1.54, 1.807) is 0 Å². The van der Waals surface area contributed by atoms with Crippen LogP contribution in [0.2, 0.25) is 0 Å². The SMILES string of the molecule is C#C/C=C\C1=C(C)C(C)(C)c2cc(-n3c4ccccc4c4ccc(-c5cccc(-n6c7ccccc7c7ccccc76)c5)cc43)ccc21. The van der Waals surface area contributed by atoms with Crippen molar-refractivity contribution >= 4 is 49.2 Å². The Balaban J connectivity index is 1.23. The molecule has 0 atom stereocenters. The van der Waals surface area contributed by atoms with Crippen molar-refractivity contribution in [2.24, 2.45) is 0 Å². The van der Waals surface area contributed by atoms with Gasteiger partial charge in [0.05, 0.1) is 22.1 Å². The first-order chi connectivity index (χ1) is 23.5. The molecule has 1 aliphatic rings. The fraction of sp³-hybridized carbons (Fsp3) is 0.0870. The Morgan fingerprint density at radius 3 is 1.77 bits per heavy atom. The molecule has 1 aliphatic carbocycles. The van der Waals surface area contributed by atoms with Crippen LogP contribution in [0.1, 0.15) is 31.9 Å². The smallest absolute Gasteiger partial charge is 0.0547 e. The third-order valence-electron chi connectivity index (χ3n) is 10.6. The Bertz CT molecular complexity index is 2660. The first-order valence-electron chi connectivity index (χ1n) is 16.6. The lowest BCUT2D eigenvalue weighted by molar-refractivity contribution is 0.638. The molecule has 0 amide bonds. The fourth-order valence-electron chi connectivity index (χ4n) is 7.96. The maximum absolute atomic E-state index is 5.60. The molecule has 2 aromatic heterocycles. The summed E-state index contributed by atoms with van der Waals surface area (Å²) < 4.78 is 4.82. The number of terminal acetylenes is 1. The van der Waals surface area contributed by atoms with Crippen molar-refractivity contribution in [2.45, 2.75) is 26.2 Å². The molecule has 9 rings (SSSR count). The van der Waals surface area contributed by atoms with Crippen molar-refractivity contribution in [3.05, 3.63) is 162 Å². The molecule has 0 radical (unpaired) electrons. The Morgan fingerprint density at radius 1 is 0.562 bits per heavy atom. The van der Waals surface area contributed by atoms with Crippen LogP contribution in [-0.2, 0) is 5.41 Å². The molecule has 0 saturated carbocycles. The molecule has 0 N–H and O–H groups in total. The highest BCUT2D eigenvalue weighted by atomic mass is 15.0. The Labute approximate surface area is 280 Å². The van der Waals surface area contributed by atoms with Crippen LogP contribution >= 0.6 is 0 Å². The van der Waals surface area contributed by atoms with Gasteiger partial charge in [-0.3, -0.25) is 0 Å². The van der Waals surface area contributed by atoms with Gasteiger partial charge in [-0.25, -0.2) is 0 Å². The number of rotatable bonds is 4. The number of nitrogens with zero attached hydrogens (tertiary/aromatic N) is 2. The van der Waals surface area contributed by atoms with E-state index in [4.69, 9.17) is 6.42 Å². The van der Waals surface area contributed by atoms with Gasteiger partial charge in [-0.2, -0.15) is 0 Å². The Hall–Kier alpha value is -6.04. The quantitative estimate of drug-likeness (QED) is 0.175.